The molecule has 1 aromatic rings. The molecule has 0 atom stereocenters. The molecule has 2 rings (SSSR count). The van der Waals surface area contributed by atoms with E-state index in [1.807, 2.05) is 4.68 Å². The summed E-state index contributed by atoms with van der Waals surface area (Å²) in [4.78, 5) is 6.76. The van der Waals surface area contributed by atoms with Gasteiger partial charge in [0.1, 0.15) is 12.2 Å². The summed E-state index contributed by atoms with van der Waals surface area (Å²) in [5.41, 5.74) is 0. The molecule has 0 unspecified atom stereocenters. The van der Waals surface area contributed by atoms with E-state index in [4.69, 9.17) is 0 Å². The van der Waals surface area contributed by atoms with Crippen LogP contribution >= 0.6 is 0 Å². The topological polar surface area (TPSA) is 46.0 Å². The summed E-state index contributed by atoms with van der Waals surface area (Å²) >= 11 is 0. The second-order valence-electron chi connectivity index (χ2n) is 3.83. The molecule has 0 spiro atoms. The van der Waals surface area contributed by atoms with E-state index in [0.29, 0.717) is 0 Å². The molecule has 2 heterocycles. The van der Waals surface area contributed by atoms with Crippen molar-refractivity contribution in [2.24, 2.45) is 0 Å². The molecule has 1 aliphatic heterocycles. The van der Waals surface area contributed by atoms with Crippen LogP contribution < -0.4 is 5.32 Å². The maximum atomic E-state index is 4.28. The van der Waals surface area contributed by atoms with Gasteiger partial charge in [-0.25, -0.2) is 4.98 Å². The first-order valence-corrected chi connectivity index (χ1v) is 5.70. The Morgan fingerprint density at radius 1 is 1.40 bits per heavy atom. The maximum Gasteiger partial charge on any atom is 0.138 e. The highest BCUT2D eigenvalue weighted by Crippen LogP contribution is 1.99. The number of rotatable bonds is 4. The van der Waals surface area contributed by atoms with Gasteiger partial charge in [-0.05, 0) is 6.92 Å². The number of hydrogen-bond acceptors (Lipinski definition) is 4. The number of hydrogen-bond donors (Lipinski definition) is 1. The predicted octanol–water partition coefficient (Wildman–Crippen LogP) is -0.254. The quantitative estimate of drug-likeness (QED) is 0.742. The molecule has 84 valence electrons. The van der Waals surface area contributed by atoms with Crippen LogP contribution in [0.4, 0.5) is 0 Å². The zero-order valence-electron chi connectivity index (χ0n) is 9.32. The third-order valence-corrected chi connectivity index (χ3v) is 2.86. The zero-order valence-corrected chi connectivity index (χ0v) is 9.32. The Kier molecular flexibility index (Phi) is 3.69. The van der Waals surface area contributed by atoms with E-state index in [0.717, 1.165) is 51.5 Å². The molecule has 1 fully saturated rings. The number of aryl methyl sites for hydroxylation is 1. The van der Waals surface area contributed by atoms with Gasteiger partial charge in [-0.3, -0.25) is 4.68 Å². The summed E-state index contributed by atoms with van der Waals surface area (Å²) in [5, 5.41) is 7.53. The molecule has 1 saturated heterocycles. The monoisotopic (exact) mass is 209 g/mol. The normalized spacial score (nSPS) is 18.2. The highest BCUT2D eigenvalue weighted by Gasteiger charge is 2.10. The average molecular weight is 209 g/mol. The van der Waals surface area contributed by atoms with Crippen LogP contribution in [0.25, 0.3) is 0 Å². The number of nitrogens with zero attached hydrogens (tertiary/aromatic N) is 4. The molecule has 15 heavy (non-hydrogen) atoms. The maximum absolute atomic E-state index is 4.28. The first-order chi connectivity index (χ1) is 7.40. The Morgan fingerprint density at radius 2 is 2.20 bits per heavy atom. The standard InChI is InChI=1S/C10H19N5/c1-2-15-10(12-9-13-15)3-6-14-7-4-11-5-8-14/h9,11H,2-8H2,1H3. The summed E-state index contributed by atoms with van der Waals surface area (Å²) in [6, 6.07) is 0. The van der Waals surface area contributed by atoms with E-state index in [1.165, 1.54) is 0 Å². The van der Waals surface area contributed by atoms with E-state index < -0.39 is 0 Å². The Hall–Kier alpha value is -0.940. The highest BCUT2D eigenvalue weighted by molar-refractivity contribution is 4.86. The van der Waals surface area contributed by atoms with Crippen molar-refractivity contribution in [1.29, 1.82) is 0 Å². The Morgan fingerprint density at radius 3 is 2.93 bits per heavy atom. The van der Waals surface area contributed by atoms with E-state index in [9.17, 15) is 0 Å². The van der Waals surface area contributed by atoms with Gasteiger partial charge in [-0.15, -0.1) is 0 Å². The molecule has 0 aromatic carbocycles. The Labute approximate surface area is 90.5 Å². The fourth-order valence-corrected chi connectivity index (χ4v) is 1.94. The van der Waals surface area contributed by atoms with E-state index in [2.05, 4.69) is 27.2 Å². The molecule has 0 saturated carbocycles. The van der Waals surface area contributed by atoms with Gasteiger partial charge in [0.05, 0.1) is 0 Å². The van der Waals surface area contributed by atoms with Crippen molar-refractivity contribution >= 4 is 0 Å². The third kappa shape index (κ3) is 2.76. The van der Waals surface area contributed by atoms with Gasteiger partial charge in [-0.1, -0.05) is 0 Å². The molecule has 1 N–H and O–H groups in total. The fourth-order valence-electron chi connectivity index (χ4n) is 1.94. The molecule has 0 aliphatic carbocycles. The highest BCUT2D eigenvalue weighted by atomic mass is 15.3. The van der Waals surface area contributed by atoms with Crippen LogP contribution in [0.1, 0.15) is 12.7 Å². The van der Waals surface area contributed by atoms with Gasteiger partial charge in [-0.2, -0.15) is 5.10 Å². The molecule has 0 amide bonds. The summed E-state index contributed by atoms with van der Waals surface area (Å²) in [6.07, 6.45) is 2.66. The largest absolute Gasteiger partial charge is 0.314 e. The van der Waals surface area contributed by atoms with Crippen molar-refractivity contribution in [3.05, 3.63) is 12.2 Å². The Balaban J connectivity index is 1.81. The van der Waals surface area contributed by atoms with Crippen molar-refractivity contribution in [1.82, 2.24) is 25.0 Å². The van der Waals surface area contributed by atoms with Crippen molar-refractivity contribution in [3.8, 4) is 0 Å². The van der Waals surface area contributed by atoms with E-state index in [-0.39, 0.29) is 0 Å². The van der Waals surface area contributed by atoms with E-state index >= 15 is 0 Å². The Bertz CT molecular complexity index is 290. The average Bonchev–Trinajstić information content (AvgIpc) is 2.75. The van der Waals surface area contributed by atoms with Gasteiger partial charge in [0.2, 0.25) is 0 Å². The minimum absolute atomic E-state index is 0.914. The SMILES string of the molecule is CCn1ncnc1CCN1CCNCC1. The molecule has 0 bridgehead atoms. The fraction of sp³-hybridized carbons (Fsp3) is 0.800. The van der Waals surface area contributed by atoms with Crippen LogP contribution in [0.15, 0.2) is 6.33 Å². The summed E-state index contributed by atoms with van der Waals surface area (Å²) in [7, 11) is 0. The second-order valence-corrected chi connectivity index (χ2v) is 3.83. The molecule has 1 aromatic heterocycles. The number of piperazine rings is 1. The number of nitrogens with one attached hydrogen (secondary N) is 1. The molecule has 5 nitrogen and oxygen atoms in total. The lowest BCUT2D eigenvalue weighted by atomic mass is 10.3. The zero-order chi connectivity index (χ0) is 10.5. The summed E-state index contributed by atoms with van der Waals surface area (Å²) in [5.74, 6) is 1.11. The van der Waals surface area contributed by atoms with Crippen LogP contribution in [-0.4, -0.2) is 52.4 Å². The summed E-state index contributed by atoms with van der Waals surface area (Å²) < 4.78 is 1.97. The lowest BCUT2D eigenvalue weighted by molar-refractivity contribution is 0.241. The van der Waals surface area contributed by atoms with E-state index in [1.54, 1.807) is 6.33 Å². The lowest BCUT2D eigenvalue weighted by Crippen LogP contribution is -2.44. The molecule has 5 heteroatoms. The molecule has 1 aliphatic rings. The van der Waals surface area contributed by atoms with Crippen LogP contribution in [0.5, 0.6) is 0 Å². The van der Waals surface area contributed by atoms with Gasteiger partial charge in [0, 0.05) is 45.7 Å². The van der Waals surface area contributed by atoms with Crippen LogP contribution in [-0.2, 0) is 13.0 Å². The minimum Gasteiger partial charge on any atom is -0.314 e. The second kappa shape index (κ2) is 5.23. The minimum atomic E-state index is 0.914. The predicted molar refractivity (Wildman–Crippen MR) is 58.7 cm³/mol. The van der Waals surface area contributed by atoms with Gasteiger partial charge in [0.15, 0.2) is 0 Å². The lowest BCUT2D eigenvalue weighted by Gasteiger charge is -2.26. The van der Waals surface area contributed by atoms with Crippen molar-refractivity contribution < 1.29 is 0 Å². The first-order valence-electron chi connectivity index (χ1n) is 5.70. The van der Waals surface area contributed by atoms with Crippen LogP contribution in [0, 0.1) is 0 Å². The molecular formula is C10H19N5. The van der Waals surface area contributed by atoms with Crippen molar-refractivity contribution in [3.63, 3.8) is 0 Å². The van der Waals surface area contributed by atoms with Crippen LogP contribution in [0.3, 0.4) is 0 Å². The summed E-state index contributed by atoms with van der Waals surface area (Å²) in [6.45, 7) is 8.64. The first kappa shape index (κ1) is 10.6. The molecular weight excluding hydrogens is 190 g/mol. The van der Waals surface area contributed by atoms with Crippen molar-refractivity contribution in [2.45, 2.75) is 19.9 Å². The smallest absolute Gasteiger partial charge is 0.138 e. The number of aromatic nitrogens is 3. The van der Waals surface area contributed by atoms with Gasteiger partial charge in [0.25, 0.3) is 0 Å². The van der Waals surface area contributed by atoms with Crippen molar-refractivity contribution in [2.75, 3.05) is 32.7 Å². The molecule has 0 radical (unpaired) electrons. The van der Waals surface area contributed by atoms with Gasteiger partial charge < -0.3 is 10.2 Å². The van der Waals surface area contributed by atoms with Gasteiger partial charge >= 0.3 is 0 Å². The van der Waals surface area contributed by atoms with Crippen LogP contribution in [0.2, 0.25) is 0 Å². The third-order valence-electron chi connectivity index (χ3n) is 2.86.